The van der Waals surface area contributed by atoms with Crippen LogP contribution in [-0.2, 0) is 14.6 Å². The van der Waals surface area contributed by atoms with E-state index in [0.717, 1.165) is 12.3 Å². The van der Waals surface area contributed by atoms with E-state index < -0.39 is 32.4 Å². The Bertz CT molecular complexity index is 599. The fourth-order valence-corrected chi connectivity index (χ4v) is 2.20. The van der Waals surface area contributed by atoms with Gasteiger partial charge in [-0.15, -0.1) is 0 Å². The fraction of sp³-hybridized carbons (Fsp3) is 0.500. The number of nitrogens with two attached hydrogens (primary N) is 1. The molecule has 0 saturated heterocycles. The summed E-state index contributed by atoms with van der Waals surface area (Å²) >= 11 is 0. The predicted octanol–water partition coefficient (Wildman–Crippen LogP) is 1.07. The van der Waals surface area contributed by atoms with E-state index in [1.54, 1.807) is 13.8 Å². The van der Waals surface area contributed by atoms with Gasteiger partial charge in [0.2, 0.25) is 5.82 Å². The van der Waals surface area contributed by atoms with Crippen LogP contribution < -0.4 is 5.73 Å². The number of nitro groups is 1. The molecular weight excluding hydrogens is 274 g/mol. The predicted molar refractivity (Wildman–Crippen MR) is 68.5 cm³/mol. The van der Waals surface area contributed by atoms with Crippen molar-refractivity contribution < 1.29 is 18.1 Å². The van der Waals surface area contributed by atoms with Crippen LogP contribution in [0, 0.1) is 10.1 Å². The summed E-state index contributed by atoms with van der Waals surface area (Å²) < 4.78 is 28.2. The maximum atomic E-state index is 11.5. The molecule has 19 heavy (non-hydrogen) atoms. The summed E-state index contributed by atoms with van der Waals surface area (Å²) in [6.45, 7) is 3.64. The van der Waals surface area contributed by atoms with E-state index >= 15 is 0 Å². The highest BCUT2D eigenvalue weighted by atomic mass is 32.2. The summed E-state index contributed by atoms with van der Waals surface area (Å²) in [6.07, 6.45) is 0.298. The van der Waals surface area contributed by atoms with Crippen molar-refractivity contribution in [3.05, 3.63) is 21.7 Å². The molecule has 1 rings (SSSR count). The lowest BCUT2D eigenvalue weighted by atomic mass is 10.1. The molecule has 1 atom stereocenters. The molecule has 1 aromatic heterocycles. The highest BCUT2D eigenvalue weighted by molar-refractivity contribution is 7.90. The van der Waals surface area contributed by atoms with Crippen molar-refractivity contribution in [1.82, 2.24) is 4.98 Å². The first-order valence-electron chi connectivity index (χ1n) is 5.45. The van der Waals surface area contributed by atoms with Crippen molar-refractivity contribution in [3.8, 4) is 0 Å². The summed E-state index contributed by atoms with van der Waals surface area (Å²) in [5.74, 6) is -0.436. The molecule has 0 spiro atoms. The number of hydrogen-bond acceptors (Lipinski definition) is 7. The number of sulfone groups is 1. The Labute approximate surface area is 110 Å². The highest BCUT2D eigenvalue weighted by Crippen LogP contribution is 2.33. The van der Waals surface area contributed by atoms with Gasteiger partial charge in [-0.25, -0.2) is 13.4 Å². The maximum absolute atomic E-state index is 11.5. The van der Waals surface area contributed by atoms with E-state index in [-0.39, 0.29) is 10.6 Å². The number of pyridine rings is 1. The second-order valence-corrected chi connectivity index (χ2v) is 5.87. The van der Waals surface area contributed by atoms with Crippen LogP contribution in [0.25, 0.3) is 0 Å². The first kappa shape index (κ1) is 15.3. The zero-order chi connectivity index (χ0) is 14.8. The summed E-state index contributed by atoms with van der Waals surface area (Å²) in [5, 5.41) is 10.7. The molecule has 2 N–H and O–H groups in total. The van der Waals surface area contributed by atoms with Crippen LogP contribution in [0.1, 0.15) is 25.5 Å². The van der Waals surface area contributed by atoms with Crippen LogP contribution >= 0.6 is 0 Å². The average molecular weight is 289 g/mol. The largest absolute Gasteiger partial charge is 0.378 e. The molecule has 0 amide bonds. The number of nitrogen functional groups attached to an aromatic ring is 1. The Morgan fingerprint density at radius 1 is 1.58 bits per heavy atom. The number of rotatable bonds is 5. The molecule has 1 unspecified atom stereocenters. The maximum Gasteiger partial charge on any atom is 0.316 e. The summed E-state index contributed by atoms with van der Waals surface area (Å²) in [6, 6.07) is 1.13. The van der Waals surface area contributed by atoms with Crippen LogP contribution in [0.5, 0.6) is 0 Å². The van der Waals surface area contributed by atoms with Gasteiger partial charge >= 0.3 is 5.69 Å². The molecule has 0 aliphatic heterocycles. The lowest BCUT2D eigenvalue weighted by Gasteiger charge is -2.14. The minimum atomic E-state index is -3.61. The van der Waals surface area contributed by atoms with Crippen molar-refractivity contribution in [1.29, 1.82) is 0 Å². The number of ether oxygens (including phenoxy) is 1. The lowest BCUT2D eigenvalue weighted by molar-refractivity contribution is -0.385. The topological polar surface area (TPSA) is 125 Å². The Morgan fingerprint density at radius 2 is 2.16 bits per heavy atom. The standard InChI is InChI=1S/C10H15N3O5S/c1-4-18-6(2)7-5-8(19(3,16)17)12-10(11)9(7)13(14)15/h5-6H,4H2,1-3H3,(H2,11,12). The lowest BCUT2D eigenvalue weighted by Crippen LogP contribution is -2.11. The first-order chi connectivity index (χ1) is 8.68. The van der Waals surface area contributed by atoms with Gasteiger partial charge in [-0.1, -0.05) is 0 Å². The SMILES string of the molecule is CCOC(C)c1cc(S(C)(=O)=O)nc(N)c1[N+](=O)[O-]. The van der Waals surface area contributed by atoms with Crippen molar-refractivity contribution in [3.63, 3.8) is 0 Å². The molecule has 8 nitrogen and oxygen atoms in total. The summed E-state index contributed by atoms with van der Waals surface area (Å²) in [5.41, 5.74) is 5.16. The van der Waals surface area contributed by atoms with Crippen LogP contribution in [-0.4, -0.2) is 31.2 Å². The monoisotopic (exact) mass is 289 g/mol. The van der Waals surface area contributed by atoms with Gasteiger partial charge in [0.25, 0.3) is 0 Å². The van der Waals surface area contributed by atoms with Crippen LogP contribution in [0.15, 0.2) is 11.1 Å². The smallest absolute Gasteiger partial charge is 0.316 e. The number of anilines is 1. The minimum Gasteiger partial charge on any atom is -0.378 e. The van der Waals surface area contributed by atoms with E-state index in [0.29, 0.717) is 6.61 Å². The van der Waals surface area contributed by atoms with Crippen molar-refractivity contribution in [2.24, 2.45) is 0 Å². The quantitative estimate of drug-likeness (QED) is 0.634. The molecule has 0 bridgehead atoms. The third kappa shape index (κ3) is 3.38. The Balaban J connectivity index is 3.55. The van der Waals surface area contributed by atoms with Gasteiger partial charge in [0.1, 0.15) is 0 Å². The normalized spacial score (nSPS) is 13.2. The molecule has 1 heterocycles. The second-order valence-electron chi connectivity index (χ2n) is 3.91. The Hall–Kier alpha value is -1.74. The molecule has 0 saturated carbocycles. The van der Waals surface area contributed by atoms with Crippen LogP contribution in [0.3, 0.4) is 0 Å². The van der Waals surface area contributed by atoms with Gasteiger partial charge in [0.05, 0.1) is 16.6 Å². The summed E-state index contributed by atoms with van der Waals surface area (Å²) in [7, 11) is -3.61. The van der Waals surface area contributed by atoms with E-state index in [2.05, 4.69) is 4.98 Å². The zero-order valence-electron chi connectivity index (χ0n) is 10.8. The van der Waals surface area contributed by atoms with Crippen molar-refractivity contribution in [2.45, 2.75) is 25.0 Å². The van der Waals surface area contributed by atoms with Gasteiger partial charge in [-0.2, -0.15) is 0 Å². The van der Waals surface area contributed by atoms with E-state index in [9.17, 15) is 18.5 Å². The fourth-order valence-electron chi connectivity index (χ4n) is 1.59. The third-order valence-electron chi connectivity index (χ3n) is 2.44. The second kappa shape index (κ2) is 5.49. The molecule has 1 aromatic rings. The number of hydrogen-bond donors (Lipinski definition) is 1. The number of aromatic nitrogens is 1. The molecular formula is C10H15N3O5S. The van der Waals surface area contributed by atoms with Crippen molar-refractivity contribution >= 4 is 21.3 Å². The number of nitrogens with zero attached hydrogens (tertiary/aromatic N) is 2. The Kier molecular flexibility index (Phi) is 4.43. The van der Waals surface area contributed by atoms with Gasteiger partial charge in [0.15, 0.2) is 14.9 Å². The van der Waals surface area contributed by atoms with Crippen LogP contribution in [0.2, 0.25) is 0 Å². The van der Waals surface area contributed by atoms with Crippen LogP contribution in [0.4, 0.5) is 11.5 Å². The Morgan fingerprint density at radius 3 is 2.58 bits per heavy atom. The third-order valence-corrected chi connectivity index (χ3v) is 3.41. The molecule has 0 fully saturated rings. The molecule has 106 valence electrons. The average Bonchev–Trinajstić information content (AvgIpc) is 2.26. The van der Waals surface area contributed by atoms with E-state index in [1.807, 2.05) is 0 Å². The first-order valence-corrected chi connectivity index (χ1v) is 7.34. The zero-order valence-corrected chi connectivity index (χ0v) is 11.6. The molecule has 0 aliphatic carbocycles. The highest BCUT2D eigenvalue weighted by Gasteiger charge is 2.27. The van der Waals surface area contributed by atoms with Gasteiger partial charge in [-0.05, 0) is 19.9 Å². The van der Waals surface area contributed by atoms with E-state index in [1.165, 1.54) is 0 Å². The van der Waals surface area contributed by atoms with Crippen molar-refractivity contribution in [2.75, 3.05) is 18.6 Å². The van der Waals surface area contributed by atoms with Gasteiger partial charge < -0.3 is 10.5 Å². The summed E-state index contributed by atoms with van der Waals surface area (Å²) in [4.78, 5) is 13.9. The van der Waals surface area contributed by atoms with E-state index in [4.69, 9.17) is 10.5 Å². The molecule has 9 heteroatoms. The minimum absolute atomic E-state index is 0.0970. The van der Waals surface area contributed by atoms with Gasteiger partial charge in [-0.3, -0.25) is 10.1 Å². The molecule has 0 aliphatic rings. The molecule has 0 radical (unpaired) electrons. The van der Waals surface area contributed by atoms with Gasteiger partial charge in [0, 0.05) is 12.9 Å². The molecule has 0 aromatic carbocycles.